The van der Waals surface area contributed by atoms with Crippen molar-refractivity contribution in [3.63, 3.8) is 0 Å². The summed E-state index contributed by atoms with van der Waals surface area (Å²) in [6.45, 7) is 6.51. The van der Waals surface area contributed by atoms with Crippen molar-refractivity contribution in [1.29, 1.82) is 0 Å². The number of ether oxygens (including phenoxy) is 2. The van der Waals surface area contributed by atoms with Crippen LogP contribution in [0.25, 0.3) is 0 Å². The number of piperidine rings is 1. The van der Waals surface area contributed by atoms with Crippen LogP contribution in [0.5, 0.6) is 5.75 Å². The Morgan fingerprint density at radius 2 is 2.13 bits per heavy atom. The molecule has 1 aromatic rings. The van der Waals surface area contributed by atoms with E-state index >= 15 is 0 Å². The van der Waals surface area contributed by atoms with E-state index < -0.39 is 0 Å². The minimum atomic E-state index is 0.275. The number of rotatable bonds is 5. The molecule has 3 atom stereocenters. The fourth-order valence-electron chi connectivity index (χ4n) is 3.75. The molecule has 4 nitrogen and oxygen atoms in total. The first kappa shape index (κ1) is 16.3. The second-order valence-electron chi connectivity index (χ2n) is 6.69. The van der Waals surface area contributed by atoms with E-state index in [4.69, 9.17) is 9.47 Å². The average Bonchev–Trinajstić information content (AvgIpc) is 2.93. The Kier molecular flexibility index (Phi) is 5.21. The highest BCUT2D eigenvalue weighted by molar-refractivity contribution is 5.76. The number of carbonyl (C=O) groups excluding carboxylic acids is 1. The largest absolute Gasteiger partial charge is 0.494 e. The molecule has 126 valence electrons. The lowest BCUT2D eigenvalue weighted by atomic mass is 9.93. The van der Waals surface area contributed by atoms with E-state index in [0.29, 0.717) is 31.2 Å². The second kappa shape index (κ2) is 7.35. The number of fused-ring (bicyclic) bond motifs is 1. The van der Waals surface area contributed by atoms with Crippen molar-refractivity contribution in [2.75, 3.05) is 19.7 Å². The number of nitrogens with zero attached hydrogens (tertiary/aromatic N) is 1. The Morgan fingerprint density at radius 1 is 1.35 bits per heavy atom. The molecule has 1 amide bonds. The van der Waals surface area contributed by atoms with Gasteiger partial charge in [-0.25, -0.2) is 0 Å². The number of hydrogen-bond donors (Lipinski definition) is 0. The molecule has 3 rings (SSSR count). The van der Waals surface area contributed by atoms with Gasteiger partial charge in [-0.05, 0) is 50.8 Å². The minimum Gasteiger partial charge on any atom is -0.494 e. The van der Waals surface area contributed by atoms with Crippen LogP contribution < -0.4 is 4.74 Å². The third-order valence-corrected chi connectivity index (χ3v) is 4.92. The van der Waals surface area contributed by atoms with Gasteiger partial charge in [0.05, 0.1) is 18.8 Å². The number of benzene rings is 1. The van der Waals surface area contributed by atoms with E-state index in [9.17, 15) is 4.79 Å². The zero-order valence-corrected chi connectivity index (χ0v) is 14.2. The molecule has 0 aromatic heterocycles. The average molecular weight is 317 g/mol. The standard InChI is InChI=1S/C19H27NO3/c1-3-22-17-7-4-15(5-8-17)6-9-19(21)20-11-10-18-16(13-20)12-14(2)23-18/h4-5,7-8,14,16,18H,3,6,9-13H2,1-2H3/t14-,16-,18-/m0/s1. The Hall–Kier alpha value is -1.55. The van der Waals surface area contributed by atoms with Gasteiger partial charge in [0, 0.05) is 25.4 Å². The molecule has 2 aliphatic rings. The summed E-state index contributed by atoms with van der Waals surface area (Å²) in [6, 6.07) is 8.06. The summed E-state index contributed by atoms with van der Waals surface area (Å²) in [7, 11) is 0. The first-order valence-electron chi connectivity index (χ1n) is 8.80. The fourth-order valence-corrected chi connectivity index (χ4v) is 3.75. The van der Waals surface area contributed by atoms with Gasteiger partial charge in [0.25, 0.3) is 0 Å². The molecule has 2 aliphatic heterocycles. The first-order valence-corrected chi connectivity index (χ1v) is 8.80. The van der Waals surface area contributed by atoms with Crippen molar-refractivity contribution < 1.29 is 14.3 Å². The van der Waals surface area contributed by atoms with Crippen LogP contribution in [-0.4, -0.2) is 42.7 Å². The van der Waals surface area contributed by atoms with Crippen molar-refractivity contribution in [1.82, 2.24) is 4.90 Å². The summed E-state index contributed by atoms with van der Waals surface area (Å²) in [5, 5.41) is 0. The van der Waals surface area contributed by atoms with E-state index in [1.54, 1.807) is 0 Å². The highest BCUT2D eigenvalue weighted by Gasteiger charge is 2.38. The molecule has 0 radical (unpaired) electrons. The van der Waals surface area contributed by atoms with Crippen molar-refractivity contribution in [3.05, 3.63) is 29.8 Å². The zero-order chi connectivity index (χ0) is 16.2. The molecule has 0 bridgehead atoms. The highest BCUT2D eigenvalue weighted by Crippen LogP contribution is 2.32. The lowest BCUT2D eigenvalue weighted by Crippen LogP contribution is -2.44. The van der Waals surface area contributed by atoms with Crippen molar-refractivity contribution in [2.45, 2.75) is 51.7 Å². The second-order valence-corrected chi connectivity index (χ2v) is 6.69. The minimum absolute atomic E-state index is 0.275. The summed E-state index contributed by atoms with van der Waals surface area (Å²) in [5.41, 5.74) is 1.19. The Morgan fingerprint density at radius 3 is 2.87 bits per heavy atom. The summed E-state index contributed by atoms with van der Waals surface area (Å²) < 4.78 is 11.3. The topological polar surface area (TPSA) is 38.8 Å². The molecule has 0 saturated carbocycles. The molecule has 23 heavy (non-hydrogen) atoms. The van der Waals surface area contributed by atoms with Crippen LogP contribution in [-0.2, 0) is 16.0 Å². The van der Waals surface area contributed by atoms with Crippen LogP contribution in [0.1, 0.15) is 38.7 Å². The Labute approximate surface area is 138 Å². The van der Waals surface area contributed by atoms with Gasteiger partial charge in [0.15, 0.2) is 0 Å². The smallest absolute Gasteiger partial charge is 0.222 e. The van der Waals surface area contributed by atoms with Crippen LogP contribution in [0.15, 0.2) is 24.3 Å². The number of carbonyl (C=O) groups is 1. The number of amides is 1. The van der Waals surface area contributed by atoms with E-state index in [1.165, 1.54) is 5.56 Å². The van der Waals surface area contributed by atoms with E-state index in [2.05, 4.69) is 19.1 Å². The van der Waals surface area contributed by atoms with Gasteiger partial charge in [-0.1, -0.05) is 12.1 Å². The molecule has 0 aliphatic carbocycles. The monoisotopic (exact) mass is 317 g/mol. The van der Waals surface area contributed by atoms with Crippen LogP contribution in [0.4, 0.5) is 0 Å². The molecule has 0 N–H and O–H groups in total. The molecule has 2 fully saturated rings. The van der Waals surface area contributed by atoms with Gasteiger partial charge in [0.1, 0.15) is 5.75 Å². The van der Waals surface area contributed by atoms with Crippen molar-refractivity contribution in [3.8, 4) is 5.75 Å². The van der Waals surface area contributed by atoms with Crippen molar-refractivity contribution >= 4 is 5.91 Å². The van der Waals surface area contributed by atoms with E-state index in [-0.39, 0.29) is 5.91 Å². The molecule has 1 aromatic carbocycles. The molecular weight excluding hydrogens is 290 g/mol. The van der Waals surface area contributed by atoms with E-state index in [1.807, 2.05) is 24.0 Å². The van der Waals surface area contributed by atoms with Gasteiger partial charge in [-0.15, -0.1) is 0 Å². The lowest BCUT2D eigenvalue weighted by molar-refractivity contribution is -0.134. The lowest BCUT2D eigenvalue weighted by Gasteiger charge is -2.34. The quantitative estimate of drug-likeness (QED) is 0.838. The van der Waals surface area contributed by atoms with Gasteiger partial charge in [-0.2, -0.15) is 0 Å². The third kappa shape index (κ3) is 4.05. The van der Waals surface area contributed by atoms with Gasteiger partial charge < -0.3 is 14.4 Å². The molecule has 2 saturated heterocycles. The summed E-state index contributed by atoms with van der Waals surface area (Å²) >= 11 is 0. The van der Waals surface area contributed by atoms with Crippen LogP contribution in [0.3, 0.4) is 0 Å². The van der Waals surface area contributed by atoms with Gasteiger partial charge >= 0.3 is 0 Å². The predicted octanol–water partition coefficient (Wildman–Crippen LogP) is 3.04. The molecule has 0 unspecified atom stereocenters. The fraction of sp³-hybridized carbons (Fsp3) is 0.632. The maximum Gasteiger partial charge on any atom is 0.222 e. The normalized spacial score (nSPS) is 26.9. The van der Waals surface area contributed by atoms with Gasteiger partial charge in [-0.3, -0.25) is 4.79 Å². The predicted molar refractivity (Wildman–Crippen MR) is 89.6 cm³/mol. The maximum atomic E-state index is 12.5. The molecule has 2 heterocycles. The Bertz CT molecular complexity index is 528. The number of aryl methyl sites for hydroxylation is 1. The molecular formula is C19H27NO3. The van der Waals surface area contributed by atoms with Crippen molar-refractivity contribution in [2.24, 2.45) is 5.92 Å². The summed E-state index contributed by atoms with van der Waals surface area (Å²) in [5.74, 6) is 1.70. The molecule has 0 spiro atoms. The zero-order valence-electron chi connectivity index (χ0n) is 14.2. The highest BCUT2D eigenvalue weighted by atomic mass is 16.5. The van der Waals surface area contributed by atoms with Crippen LogP contribution >= 0.6 is 0 Å². The Balaban J connectivity index is 1.47. The number of likely N-dealkylation sites (tertiary alicyclic amines) is 1. The summed E-state index contributed by atoms with van der Waals surface area (Å²) in [4.78, 5) is 14.5. The van der Waals surface area contributed by atoms with Crippen LogP contribution in [0, 0.1) is 5.92 Å². The summed E-state index contributed by atoms with van der Waals surface area (Å²) in [6.07, 6.45) is 4.19. The van der Waals surface area contributed by atoms with Crippen LogP contribution in [0.2, 0.25) is 0 Å². The van der Waals surface area contributed by atoms with E-state index in [0.717, 1.165) is 38.1 Å². The van der Waals surface area contributed by atoms with Gasteiger partial charge in [0.2, 0.25) is 5.91 Å². The third-order valence-electron chi connectivity index (χ3n) is 4.92. The SMILES string of the molecule is CCOc1ccc(CCC(=O)N2CC[C@@H]3O[C@@H](C)C[C@H]3C2)cc1. The first-order chi connectivity index (χ1) is 11.2. The number of hydrogen-bond acceptors (Lipinski definition) is 3. The molecule has 4 heteroatoms. The maximum absolute atomic E-state index is 12.5.